The summed E-state index contributed by atoms with van der Waals surface area (Å²) < 4.78 is 1.91. The number of aromatic nitrogens is 2. The maximum Gasteiger partial charge on any atom is 0.284 e. The predicted octanol–water partition coefficient (Wildman–Crippen LogP) is 0.930. The van der Waals surface area contributed by atoms with E-state index < -0.39 is 11.5 Å². The van der Waals surface area contributed by atoms with Crippen LogP contribution in [-0.4, -0.2) is 50.6 Å². The number of hydrogen-bond acceptors (Lipinski definition) is 4. The molecule has 0 radical (unpaired) electrons. The van der Waals surface area contributed by atoms with Gasteiger partial charge in [-0.05, 0) is 31.4 Å². The number of amides is 2. The average molecular weight is 378 g/mol. The van der Waals surface area contributed by atoms with Gasteiger partial charge >= 0.3 is 0 Å². The van der Waals surface area contributed by atoms with Crippen LogP contribution in [-0.2, 0) is 17.8 Å². The van der Waals surface area contributed by atoms with Gasteiger partial charge in [-0.3, -0.25) is 9.59 Å². The summed E-state index contributed by atoms with van der Waals surface area (Å²) in [6.45, 7) is 1.23. The number of hydrogen-bond donors (Lipinski definition) is 2. The molecular formula is C21H22N4O3. The van der Waals surface area contributed by atoms with Crippen molar-refractivity contribution in [2.75, 3.05) is 13.6 Å². The van der Waals surface area contributed by atoms with Crippen LogP contribution in [0.5, 0.6) is 0 Å². The second-order valence-electron chi connectivity index (χ2n) is 7.37. The first-order valence-corrected chi connectivity index (χ1v) is 9.40. The average Bonchev–Trinajstić information content (AvgIpc) is 3.21. The number of aliphatic hydroxyl groups is 1. The summed E-state index contributed by atoms with van der Waals surface area (Å²) in [5, 5.41) is 10.5. The summed E-state index contributed by atoms with van der Waals surface area (Å²) in [5.41, 5.74) is 7.15. The van der Waals surface area contributed by atoms with Gasteiger partial charge in [-0.15, -0.1) is 0 Å². The summed E-state index contributed by atoms with van der Waals surface area (Å²) in [6, 6.07) is 7.45. The Morgan fingerprint density at radius 3 is 2.86 bits per heavy atom. The van der Waals surface area contributed by atoms with Crippen LogP contribution in [0.25, 0.3) is 11.3 Å². The number of likely N-dealkylation sites (N-methyl/N-ethyl adjacent to an activating group) is 1. The van der Waals surface area contributed by atoms with Crippen LogP contribution >= 0.6 is 0 Å². The molecule has 0 bridgehead atoms. The number of imidazole rings is 1. The first-order chi connectivity index (χ1) is 13.4. The van der Waals surface area contributed by atoms with E-state index in [-0.39, 0.29) is 11.7 Å². The summed E-state index contributed by atoms with van der Waals surface area (Å²) in [4.78, 5) is 29.8. The lowest BCUT2D eigenvalue weighted by atomic mass is 10.0. The van der Waals surface area contributed by atoms with Gasteiger partial charge in [-0.25, -0.2) is 4.98 Å². The quantitative estimate of drug-likeness (QED) is 0.759. The van der Waals surface area contributed by atoms with Crippen molar-refractivity contribution in [3.05, 3.63) is 41.3 Å². The fourth-order valence-electron chi connectivity index (χ4n) is 3.85. The molecule has 1 aromatic carbocycles. The monoisotopic (exact) mass is 378 g/mol. The fraction of sp³-hybridized carbons (Fsp3) is 0.381. The van der Waals surface area contributed by atoms with E-state index >= 15 is 0 Å². The highest BCUT2D eigenvalue weighted by molar-refractivity contribution is 5.91. The third-order valence-electron chi connectivity index (χ3n) is 5.40. The molecular weight excluding hydrogens is 356 g/mol. The molecule has 3 N–H and O–H groups in total. The normalized spacial score (nSPS) is 21.2. The molecule has 2 amide bonds. The number of carbonyl (C=O) groups excluding carboxylic acids is 2. The number of carbonyl (C=O) groups is 2. The summed E-state index contributed by atoms with van der Waals surface area (Å²) in [6.07, 6.45) is 3.17. The van der Waals surface area contributed by atoms with Gasteiger partial charge in [0, 0.05) is 43.4 Å². The van der Waals surface area contributed by atoms with E-state index in [0.717, 1.165) is 42.8 Å². The van der Waals surface area contributed by atoms with Gasteiger partial charge in [-0.1, -0.05) is 24.0 Å². The van der Waals surface area contributed by atoms with Gasteiger partial charge in [0.25, 0.3) is 11.8 Å². The molecule has 7 nitrogen and oxygen atoms in total. The van der Waals surface area contributed by atoms with E-state index in [1.807, 2.05) is 28.8 Å². The molecule has 1 saturated heterocycles. The van der Waals surface area contributed by atoms with E-state index in [1.54, 1.807) is 7.05 Å². The summed E-state index contributed by atoms with van der Waals surface area (Å²) >= 11 is 0. The van der Waals surface area contributed by atoms with Crippen LogP contribution < -0.4 is 5.73 Å². The first kappa shape index (κ1) is 18.3. The van der Waals surface area contributed by atoms with E-state index in [0.29, 0.717) is 18.5 Å². The number of benzene rings is 1. The minimum absolute atomic E-state index is 0.287. The Morgan fingerprint density at radius 2 is 2.14 bits per heavy atom. The third-order valence-corrected chi connectivity index (χ3v) is 5.40. The highest BCUT2D eigenvalue weighted by Crippen LogP contribution is 2.29. The Morgan fingerprint density at radius 1 is 1.32 bits per heavy atom. The number of rotatable bonds is 2. The maximum absolute atomic E-state index is 12.1. The Kier molecular flexibility index (Phi) is 4.44. The van der Waals surface area contributed by atoms with E-state index in [4.69, 9.17) is 5.73 Å². The number of nitrogens with two attached hydrogens (primary N) is 1. The molecule has 0 aliphatic carbocycles. The van der Waals surface area contributed by atoms with Gasteiger partial charge < -0.3 is 20.3 Å². The smallest absolute Gasteiger partial charge is 0.284 e. The molecule has 1 unspecified atom stereocenters. The molecule has 2 aliphatic heterocycles. The predicted molar refractivity (Wildman–Crippen MR) is 103 cm³/mol. The van der Waals surface area contributed by atoms with Crippen LogP contribution in [0, 0.1) is 11.8 Å². The Bertz CT molecular complexity index is 1030. The van der Waals surface area contributed by atoms with Gasteiger partial charge in [0.15, 0.2) is 5.82 Å². The minimum atomic E-state index is -1.63. The van der Waals surface area contributed by atoms with E-state index in [2.05, 4.69) is 16.8 Å². The second kappa shape index (κ2) is 6.80. The Balaban J connectivity index is 1.71. The molecule has 144 valence electrons. The SMILES string of the molecule is CN1CCC(O)(C#Cc2cccc(-c3nc(C(N)=O)n4c3CCCC4)c2)C1=O. The molecule has 28 heavy (non-hydrogen) atoms. The first-order valence-electron chi connectivity index (χ1n) is 9.40. The number of fused-ring (bicyclic) bond motifs is 1. The van der Waals surface area contributed by atoms with Crippen molar-refractivity contribution in [1.82, 2.24) is 14.5 Å². The number of nitrogens with zero attached hydrogens (tertiary/aromatic N) is 3. The zero-order valence-electron chi connectivity index (χ0n) is 15.7. The zero-order chi connectivity index (χ0) is 19.9. The van der Waals surface area contributed by atoms with Crippen molar-refractivity contribution < 1.29 is 14.7 Å². The highest BCUT2D eigenvalue weighted by atomic mass is 16.3. The molecule has 4 rings (SSSR count). The Labute approximate surface area is 163 Å². The molecule has 7 heteroatoms. The van der Waals surface area contributed by atoms with Crippen molar-refractivity contribution in [1.29, 1.82) is 0 Å². The molecule has 1 aromatic heterocycles. The molecule has 3 heterocycles. The molecule has 0 spiro atoms. The van der Waals surface area contributed by atoms with Crippen molar-refractivity contribution in [3.63, 3.8) is 0 Å². The third kappa shape index (κ3) is 3.06. The van der Waals surface area contributed by atoms with Crippen LogP contribution in [0.15, 0.2) is 24.3 Å². The van der Waals surface area contributed by atoms with Gasteiger partial charge in [0.05, 0.1) is 5.69 Å². The van der Waals surface area contributed by atoms with E-state index in [1.165, 1.54) is 4.90 Å². The van der Waals surface area contributed by atoms with Gasteiger partial charge in [0.2, 0.25) is 5.60 Å². The van der Waals surface area contributed by atoms with Crippen molar-refractivity contribution in [2.45, 2.75) is 37.8 Å². The molecule has 1 atom stereocenters. The van der Waals surface area contributed by atoms with Crippen molar-refractivity contribution >= 4 is 11.8 Å². The van der Waals surface area contributed by atoms with E-state index in [9.17, 15) is 14.7 Å². The molecule has 1 fully saturated rings. The number of primary amides is 1. The lowest BCUT2D eigenvalue weighted by Gasteiger charge is -2.16. The largest absolute Gasteiger partial charge is 0.369 e. The second-order valence-corrected chi connectivity index (χ2v) is 7.37. The van der Waals surface area contributed by atoms with Crippen molar-refractivity contribution in [3.8, 4) is 23.1 Å². The summed E-state index contributed by atoms with van der Waals surface area (Å²) in [5.74, 6) is 5.04. The minimum Gasteiger partial charge on any atom is -0.369 e. The summed E-state index contributed by atoms with van der Waals surface area (Å²) in [7, 11) is 1.65. The van der Waals surface area contributed by atoms with Gasteiger partial charge in [0.1, 0.15) is 0 Å². The zero-order valence-corrected chi connectivity index (χ0v) is 15.7. The molecule has 2 aromatic rings. The lowest BCUT2D eigenvalue weighted by Crippen LogP contribution is -2.37. The molecule has 0 saturated carbocycles. The number of likely N-dealkylation sites (tertiary alicyclic amines) is 1. The fourth-order valence-corrected chi connectivity index (χ4v) is 3.85. The van der Waals surface area contributed by atoms with Gasteiger partial charge in [-0.2, -0.15) is 0 Å². The maximum atomic E-state index is 12.1. The topological polar surface area (TPSA) is 101 Å². The Hall–Kier alpha value is -3.11. The van der Waals surface area contributed by atoms with Crippen molar-refractivity contribution in [2.24, 2.45) is 5.73 Å². The highest BCUT2D eigenvalue weighted by Gasteiger charge is 2.42. The molecule has 2 aliphatic rings. The standard InChI is InChI=1S/C21H22N4O3/c1-24-12-10-21(28,20(24)27)9-8-14-5-4-6-15(13-14)17-16-7-2-3-11-25(16)19(23-17)18(22)26/h4-6,13,28H,2-3,7,10-12H2,1H3,(H2,22,26). The lowest BCUT2D eigenvalue weighted by molar-refractivity contribution is -0.137. The van der Waals surface area contributed by atoms with Crippen LogP contribution in [0.2, 0.25) is 0 Å². The van der Waals surface area contributed by atoms with Crippen LogP contribution in [0.1, 0.15) is 41.1 Å². The van der Waals surface area contributed by atoms with Crippen LogP contribution in [0.3, 0.4) is 0 Å². The van der Waals surface area contributed by atoms with Crippen LogP contribution in [0.4, 0.5) is 0 Å².